The Labute approximate surface area is 259 Å². The van der Waals surface area contributed by atoms with Crippen molar-refractivity contribution in [2.45, 2.75) is 26.2 Å². The lowest BCUT2D eigenvalue weighted by molar-refractivity contribution is 0.591. The smallest absolute Gasteiger partial charge is 0.0388 e. The minimum absolute atomic E-state index is 0.0687. The van der Waals surface area contributed by atoms with Gasteiger partial charge in [-0.1, -0.05) is 136 Å². The average molecular weight is 569 g/mol. The summed E-state index contributed by atoms with van der Waals surface area (Å²) in [5.41, 5.74) is 22.2. The van der Waals surface area contributed by atoms with Crippen LogP contribution in [0.5, 0.6) is 0 Å². The molecule has 0 aromatic heterocycles. The lowest BCUT2D eigenvalue weighted by Gasteiger charge is -2.23. The Morgan fingerprint density at radius 2 is 1.09 bits per heavy atom. The van der Waals surface area contributed by atoms with Crippen LogP contribution >= 0.6 is 0 Å². The summed E-state index contributed by atoms with van der Waals surface area (Å²) >= 11 is 0. The van der Waals surface area contributed by atoms with Gasteiger partial charge in [-0.05, 0) is 107 Å². The van der Waals surface area contributed by atoms with Gasteiger partial charge in [0.05, 0.1) is 0 Å². The molecule has 0 aliphatic rings. The normalized spacial score (nSPS) is 12.7. The Morgan fingerprint density at radius 3 is 1.64 bits per heavy atom. The first kappa shape index (κ1) is 27.5. The molecule has 44 heavy (non-hydrogen) atoms. The highest BCUT2D eigenvalue weighted by Gasteiger charge is 2.20. The number of nitrogens with two attached hydrogens (primary N) is 2. The maximum Gasteiger partial charge on any atom is 0.0388 e. The fraction of sp³-hybridized carbons (Fsp3) is 0.0952. The summed E-state index contributed by atoms with van der Waals surface area (Å²) in [7, 11) is 0. The summed E-state index contributed by atoms with van der Waals surface area (Å²) in [5.74, 6) is 0. The van der Waals surface area contributed by atoms with Crippen molar-refractivity contribution in [3.63, 3.8) is 0 Å². The van der Waals surface area contributed by atoms with Crippen molar-refractivity contribution < 1.29 is 0 Å². The van der Waals surface area contributed by atoms with Crippen molar-refractivity contribution in [1.29, 1.82) is 0 Å². The quantitative estimate of drug-likeness (QED) is 0.160. The first-order chi connectivity index (χ1) is 21.3. The second kappa shape index (κ2) is 10.7. The van der Waals surface area contributed by atoms with Gasteiger partial charge in [-0.15, -0.1) is 0 Å². The molecule has 0 radical (unpaired) electrons. The molecule has 0 heterocycles. The Balaban J connectivity index is 1.48. The summed E-state index contributed by atoms with van der Waals surface area (Å²) < 4.78 is 0. The molecule has 214 valence electrons. The van der Waals surface area contributed by atoms with Gasteiger partial charge in [0.1, 0.15) is 0 Å². The average Bonchev–Trinajstić information content (AvgIpc) is 3.06. The zero-order chi connectivity index (χ0) is 30.4. The minimum atomic E-state index is 0.0687. The maximum atomic E-state index is 6.31. The van der Waals surface area contributed by atoms with Crippen molar-refractivity contribution in [3.05, 3.63) is 151 Å². The van der Waals surface area contributed by atoms with Crippen LogP contribution in [0.4, 0.5) is 0 Å². The van der Waals surface area contributed by atoms with E-state index in [4.69, 9.17) is 11.5 Å². The zero-order valence-electron chi connectivity index (χ0n) is 25.4. The SMILES string of the molecule is CC(C)(C)c1cc2ccc3c(-c4ccc(/C(N)=C/C=C\N)cc4)cc(-c4ccc(-c5ccccc5)cc4)c4ccc(c1)c2c34. The van der Waals surface area contributed by atoms with Gasteiger partial charge < -0.3 is 11.5 Å². The van der Waals surface area contributed by atoms with Crippen LogP contribution in [0.1, 0.15) is 31.9 Å². The molecular formula is C42H36N2. The highest BCUT2D eigenvalue weighted by Crippen LogP contribution is 2.45. The molecule has 7 aromatic rings. The van der Waals surface area contributed by atoms with E-state index in [-0.39, 0.29) is 5.41 Å². The molecular weight excluding hydrogens is 532 g/mol. The number of benzene rings is 7. The van der Waals surface area contributed by atoms with Crippen LogP contribution in [0.25, 0.3) is 71.4 Å². The fourth-order valence-corrected chi connectivity index (χ4v) is 6.40. The Morgan fingerprint density at radius 1 is 0.568 bits per heavy atom. The van der Waals surface area contributed by atoms with Gasteiger partial charge in [0, 0.05) is 5.70 Å². The molecule has 0 saturated heterocycles. The molecule has 0 aliphatic heterocycles. The standard InChI is InChI=1S/C42H36N2/c1-42(2,3)34-24-32-19-21-35-37(29-13-11-28(12-14-29)27-8-5-4-6-9-27)26-38(36-22-20-33(25-34)40(32)41(35)36)30-15-17-31(18-16-30)39(44)10-7-23-43/h4-26H,43-44H2,1-3H3/b23-7-,39-10-. The van der Waals surface area contributed by atoms with Gasteiger partial charge in [0.25, 0.3) is 0 Å². The van der Waals surface area contributed by atoms with E-state index in [1.165, 1.54) is 71.9 Å². The van der Waals surface area contributed by atoms with E-state index in [1.54, 1.807) is 6.08 Å². The molecule has 2 nitrogen and oxygen atoms in total. The monoisotopic (exact) mass is 568 g/mol. The highest BCUT2D eigenvalue weighted by molar-refractivity contribution is 6.28. The number of hydrogen-bond acceptors (Lipinski definition) is 2. The van der Waals surface area contributed by atoms with Gasteiger partial charge in [0.2, 0.25) is 0 Å². The van der Waals surface area contributed by atoms with Crippen LogP contribution in [0.3, 0.4) is 0 Å². The second-order valence-corrected chi connectivity index (χ2v) is 12.6. The zero-order valence-corrected chi connectivity index (χ0v) is 25.4. The fourth-order valence-electron chi connectivity index (χ4n) is 6.40. The Bertz CT molecular complexity index is 2160. The molecule has 0 atom stereocenters. The van der Waals surface area contributed by atoms with Crippen molar-refractivity contribution in [2.75, 3.05) is 0 Å². The topological polar surface area (TPSA) is 52.0 Å². The third-order valence-corrected chi connectivity index (χ3v) is 8.80. The van der Waals surface area contributed by atoms with Crippen LogP contribution < -0.4 is 11.5 Å². The molecule has 0 spiro atoms. The van der Waals surface area contributed by atoms with Crippen LogP contribution in [0.2, 0.25) is 0 Å². The van der Waals surface area contributed by atoms with E-state index in [0.717, 1.165) is 11.1 Å². The van der Waals surface area contributed by atoms with Crippen molar-refractivity contribution >= 4 is 38.0 Å². The van der Waals surface area contributed by atoms with Gasteiger partial charge in [0.15, 0.2) is 0 Å². The van der Waals surface area contributed by atoms with E-state index >= 15 is 0 Å². The molecule has 7 aromatic carbocycles. The number of allylic oxidation sites excluding steroid dienone is 2. The Kier molecular flexibility index (Phi) is 6.71. The summed E-state index contributed by atoms with van der Waals surface area (Å²) in [6.07, 6.45) is 5.07. The lowest BCUT2D eigenvalue weighted by atomic mass is 9.81. The van der Waals surface area contributed by atoms with Gasteiger partial charge in [-0.2, -0.15) is 0 Å². The van der Waals surface area contributed by atoms with Crippen molar-refractivity contribution in [3.8, 4) is 33.4 Å². The third kappa shape index (κ3) is 4.79. The van der Waals surface area contributed by atoms with Crippen LogP contribution in [-0.2, 0) is 5.41 Å². The predicted octanol–water partition coefficient (Wildman–Crippen LogP) is 10.7. The maximum absolute atomic E-state index is 6.31. The summed E-state index contributed by atoms with van der Waals surface area (Å²) in [6, 6.07) is 44.4. The molecule has 0 saturated carbocycles. The Hall–Kier alpha value is -5.34. The van der Waals surface area contributed by atoms with Gasteiger partial charge in [-0.25, -0.2) is 0 Å². The first-order valence-corrected chi connectivity index (χ1v) is 15.2. The van der Waals surface area contributed by atoms with Crippen molar-refractivity contribution in [2.24, 2.45) is 11.5 Å². The van der Waals surface area contributed by atoms with Crippen LogP contribution in [-0.4, -0.2) is 0 Å². The van der Waals surface area contributed by atoms with E-state index < -0.39 is 0 Å². The second-order valence-electron chi connectivity index (χ2n) is 12.6. The van der Waals surface area contributed by atoms with Crippen molar-refractivity contribution in [1.82, 2.24) is 0 Å². The van der Waals surface area contributed by atoms with Crippen LogP contribution in [0, 0.1) is 0 Å². The number of rotatable bonds is 5. The van der Waals surface area contributed by atoms with Crippen LogP contribution in [0.15, 0.2) is 140 Å². The molecule has 0 bridgehead atoms. The molecule has 2 heteroatoms. The van der Waals surface area contributed by atoms with E-state index in [2.05, 4.69) is 142 Å². The lowest BCUT2D eigenvalue weighted by Crippen LogP contribution is -2.10. The van der Waals surface area contributed by atoms with Gasteiger partial charge >= 0.3 is 0 Å². The summed E-state index contributed by atoms with van der Waals surface area (Å²) in [5, 5.41) is 7.75. The molecule has 0 fully saturated rings. The highest BCUT2D eigenvalue weighted by atomic mass is 14.6. The van der Waals surface area contributed by atoms with Gasteiger partial charge in [-0.3, -0.25) is 0 Å². The van der Waals surface area contributed by atoms with E-state index in [9.17, 15) is 0 Å². The molecule has 0 aliphatic carbocycles. The predicted molar refractivity (Wildman–Crippen MR) is 191 cm³/mol. The first-order valence-electron chi connectivity index (χ1n) is 15.2. The number of hydrogen-bond donors (Lipinski definition) is 2. The van der Waals surface area contributed by atoms with E-state index in [1.807, 2.05) is 6.08 Å². The third-order valence-electron chi connectivity index (χ3n) is 8.80. The molecule has 7 rings (SSSR count). The molecule has 0 unspecified atom stereocenters. The summed E-state index contributed by atoms with van der Waals surface area (Å²) in [6.45, 7) is 6.85. The summed E-state index contributed by atoms with van der Waals surface area (Å²) in [4.78, 5) is 0. The molecule has 4 N–H and O–H groups in total. The largest absolute Gasteiger partial charge is 0.405 e. The minimum Gasteiger partial charge on any atom is -0.405 e. The van der Waals surface area contributed by atoms with E-state index in [0.29, 0.717) is 5.70 Å². The molecule has 0 amide bonds.